The number of fused-ring (bicyclic) bond motifs is 5. The lowest BCUT2D eigenvalue weighted by Gasteiger charge is -2.58. The van der Waals surface area contributed by atoms with Crippen molar-refractivity contribution in [2.75, 3.05) is 26.2 Å². The summed E-state index contributed by atoms with van der Waals surface area (Å²) < 4.78 is 0. The number of hydrogen-bond donors (Lipinski definition) is 4. The fourth-order valence-corrected chi connectivity index (χ4v) is 9.67. The van der Waals surface area contributed by atoms with Gasteiger partial charge in [-0.1, -0.05) is 36.4 Å². The van der Waals surface area contributed by atoms with E-state index in [1.165, 1.54) is 12.8 Å². The minimum Gasteiger partial charge on any atom is -0.506 e. The molecule has 7 heteroatoms. The van der Waals surface area contributed by atoms with Gasteiger partial charge in [0.1, 0.15) is 5.75 Å². The van der Waals surface area contributed by atoms with Gasteiger partial charge in [-0.15, -0.1) is 0 Å². The van der Waals surface area contributed by atoms with Crippen LogP contribution in [0.1, 0.15) is 63.5 Å². The van der Waals surface area contributed by atoms with Crippen molar-refractivity contribution < 1.29 is 15.3 Å². The second kappa shape index (κ2) is 10.6. The molecule has 0 saturated carbocycles. The van der Waals surface area contributed by atoms with Gasteiger partial charge in [0.2, 0.25) is 0 Å². The molecule has 6 heterocycles. The number of aliphatic hydroxyl groups excluding tert-OH is 1. The van der Waals surface area contributed by atoms with Crippen LogP contribution in [0.15, 0.2) is 60.8 Å². The summed E-state index contributed by atoms with van der Waals surface area (Å²) in [5.41, 5.74) is 2.58. The third kappa shape index (κ3) is 4.42. The maximum atomic E-state index is 13.1. The van der Waals surface area contributed by atoms with Crippen LogP contribution >= 0.6 is 0 Å². The third-order valence-electron chi connectivity index (χ3n) is 11.3. The predicted molar refractivity (Wildman–Crippen MR) is 171 cm³/mol. The largest absolute Gasteiger partial charge is 0.506 e. The van der Waals surface area contributed by atoms with E-state index in [2.05, 4.69) is 45.2 Å². The van der Waals surface area contributed by atoms with Crippen LogP contribution in [0.4, 0.5) is 0 Å². The molecule has 7 atom stereocenters. The number of rotatable bonds is 1. The van der Waals surface area contributed by atoms with Crippen LogP contribution in [0.5, 0.6) is 5.75 Å². The number of phenolic OH excluding ortho intramolecular Hbond substituents is 1. The zero-order chi connectivity index (χ0) is 29.2. The summed E-state index contributed by atoms with van der Waals surface area (Å²) >= 11 is 0. The lowest BCUT2D eigenvalue weighted by Crippen LogP contribution is -2.65. The standard InChI is InChI=1S/C36H44N4O3/c41-25-9-8-19-40-24(12-13-25)21-35-23-39-18-6-4-2-1-3-5-16-36(43,34(35)40)22-28(29(35)15-20-39)32-33-27(14-17-37-32)26-10-7-11-30(42)31(26)38-33/h1,3,7,10-14,17,22,24-25,29,34,38,41-43H,2,4-6,8-9,15-16,18-21,23H2/b3-1-,13-12?/t24-,25+,29-,34+,35-,36-/m1/s1. The summed E-state index contributed by atoms with van der Waals surface area (Å²) in [6.45, 7) is 4.01. The summed E-state index contributed by atoms with van der Waals surface area (Å²) in [7, 11) is 0. The lowest BCUT2D eigenvalue weighted by molar-refractivity contribution is -0.0897. The topological polar surface area (TPSA) is 95.8 Å². The van der Waals surface area contributed by atoms with Crippen molar-refractivity contribution in [1.82, 2.24) is 19.8 Å². The van der Waals surface area contributed by atoms with Crippen LogP contribution < -0.4 is 0 Å². The van der Waals surface area contributed by atoms with Crippen molar-refractivity contribution in [3.63, 3.8) is 0 Å². The predicted octanol–water partition coefficient (Wildman–Crippen LogP) is 5.53. The Morgan fingerprint density at radius 1 is 0.930 bits per heavy atom. The molecule has 5 aliphatic rings. The van der Waals surface area contributed by atoms with E-state index < -0.39 is 11.7 Å². The first-order valence-electron chi connectivity index (χ1n) is 16.5. The van der Waals surface area contributed by atoms with Gasteiger partial charge in [-0.05, 0) is 107 Å². The fourth-order valence-electron chi connectivity index (χ4n) is 9.67. The summed E-state index contributed by atoms with van der Waals surface area (Å²) in [6, 6.07) is 7.90. The summed E-state index contributed by atoms with van der Waals surface area (Å²) in [6.07, 6.45) is 21.3. The van der Waals surface area contributed by atoms with E-state index in [0.717, 1.165) is 97.8 Å². The Morgan fingerprint density at radius 3 is 2.74 bits per heavy atom. The fraction of sp³-hybridized carbons (Fsp3) is 0.528. The van der Waals surface area contributed by atoms with Gasteiger partial charge >= 0.3 is 0 Å². The molecular formula is C36H44N4O3. The Labute approximate surface area is 253 Å². The van der Waals surface area contributed by atoms with Crippen LogP contribution in [0.2, 0.25) is 0 Å². The van der Waals surface area contributed by atoms with Crippen molar-refractivity contribution in [3.05, 3.63) is 66.5 Å². The molecule has 2 aromatic heterocycles. The quantitative estimate of drug-likeness (QED) is 0.283. The molecule has 0 radical (unpaired) electrons. The average Bonchev–Trinajstić information content (AvgIpc) is 3.52. The number of allylic oxidation sites excluding steroid dienone is 3. The number of piperidine rings is 1. The zero-order valence-electron chi connectivity index (χ0n) is 25.0. The Kier molecular flexibility index (Phi) is 6.79. The van der Waals surface area contributed by atoms with Crippen LogP contribution in [0, 0.1) is 11.3 Å². The minimum absolute atomic E-state index is 0.00144. The van der Waals surface area contributed by atoms with Gasteiger partial charge in [-0.25, -0.2) is 0 Å². The monoisotopic (exact) mass is 580 g/mol. The number of phenols is 1. The summed E-state index contributed by atoms with van der Waals surface area (Å²) in [5, 5.41) is 36.4. The number of pyridine rings is 1. The molecule has 4 aliphatic heterocycles. The van der Waals surface area contributed by atoms with Crippen LogP contribution in [-0.2, 0) is 0 Å². The molecule has 7 nitrogen and oxygen atoms in total. The number of aromatic hydroxyl groups is 1. The molecule has 2 saturated heterocycles. The van der Waals surface area contributed by atoms with Gasteiger partial charge in [0.15, 0.2) is 0 Å². The lowest BCUT2D eigenvalue weighted by atomic mass is 9.54. The second-order valence-electron chi connectivity index (χ2n) is 13.9. The number of para-hydroxylation sites is 1. The van der Waals surface area contributed by atoms with Crippen molar-refractivity contribution in [2.45, 2.75) is 81.6 Å². The number of H-pyrrole nitrogens is 1. The van der Waals surface area contributed by atoms with Gasteiger partial charge in [0.25, 0.3) is 0 Å². The number of aromatic nitrogens is 2. The summed E-state index contributed by atoms with van der Waals surface area (Å²) in [4.78, 5) is 13.9. The average molecular weight is 581 g/mol. The molecule has 1 spiro atoms. The van der Waals surface area contributed by atoms with Crippen molar-refractivity contribution in [1.29, 1.82) is 0 Å². The summed E-state index contributed by atoms with van der Waals surface area (Å²) in [5.74, 6) is 0.490. The minimum atomic E-state index is -1.02. The van der Waals surface area contributed by atoms with E-state index in [1.54, 1.807) is 6.07 Å². The molecule has 3 aromatic rings. The number of nitrogens with zero attached hydrogens (tertiary/aromatic N) is 3. The molecule has 4 N–H and O–H groups in total. The van der Waals surface area contributed by atoms with Crippen molar-refractivity contribution in [2.24, 2.45) is 11.3 Å². The number of aliphatic hydroxyl groups is 2. The molecule has 1 unspecified atom stereocenters. The Hall–Kier alpha value is -2.97. The first-order chi connectivity index (χ1) is 21.0. The van der Waals surface area contributed by atoms with Gasteiger partial charge in [-0.3, -0.25) is 9.88 Å². The van der Waals surface area contributed by atoms with Crippen LogP contribution in [-0.4, -0.2) is 85.1 Å². The number of nitrogens with one attached hydrogen (secondary N) is 1. The van der Waals surface area contributed by atoms with E-state index in [0.29, 0.717) is 6.42 Å². The molecule has 1 aliphatic carbocycles. The Bertz CT molecular complexity index is 1630. The molecule has 1 aromatic carbocycles. The van der Waals surface area contributed by atoms with E-state index in [-0.39, 0.29) is 29.2 Å². The van der Waals surface area contributed by atoms with Gasteiger partial charge < -0.3 is 25.2 Å². The van der Waals surface area contributed by atoms with Crippen molar-refractivity contribution >= 4 is 27.4 Å². The van der Waals surface area contributed by atoms with E-state index in [1.807, 2.05) is 24.4 Å². The molecular weight excluding hydrogens is 536 g/mol. The SMILES string of the molecule is Oc1cccc2c1[nH]c1c(C3=C[C@]4(O)CC/C=C\CCCCN5CC[C@H]3[C@@]3(C[C@H]6C=C[C@@H](O)CCCN6[C@@H]34)C5)nccc12. The molecule has 8 rings (SSSR count). The highest BCUT2D eigenvalue weighted by Gasteiger charge is 2.65. The maximum Gasteiger partial charge on any atom is 0.139 e. The molecule has 43 heavy (non-hydrogen) atoms. The normalized spacial score (nSPS) is 37.4. The maximum absolute atomic E-state index is 13.1. The first kappa shape index (κ1) is 27.6. The van der Waals surface area contributed by atoms with Gasteiger partial charge in [0.05, 0.1) is 34.5 Å². The highest BCUT2D eigenvalue weighted by molar-refractivity contribution is 6.11. The van der Waals surface area contributed by atoms with Crippen LogP contribution in [0.25, 0.3) is 27.4 Å². The number of hydrogen-bond acceptors (Lipinski definition) is 6. The van der Waals surface area contributed by atoms with Crippen molar-refractivity contribution in [3.8, 4) is 5.75 Å². The van der Waals surface area contributed by atoms with E-state index >= 15 is 0 Å². The molecule has 3 bridgehead atoms. The first-order valence-corrected chi connectivity index (χ1v) is 16.5. The molecule has 0 amide bonds. The highest BCUT2D eigenvalue weighted by atomic mass is 16.3. The number of benzene rings is 1. The molecule has 226 valence electrons. The Morgan fingerprint density at radius 2 is 1.81 bits per heavy atom. The van der Waals surface area contributed by atoms with Gasteiger partial charge in [-0.2, -0.15) is 0 Å². The van der Waals surface area contributed by atoms with Gasteiger partial charge in [0, 0.05) is 35.0 Å². The zero-order valence-corrected chi connectivity index (χ0v) is 25.0. The smallest absolute Gasteiger partial charge is 0.139 e. The second-order valence-corrected chi connectivity index (χ2v) is 13.9. The molecule has 2 fully saturated rings. The van der Waals surface area contributed by atoms with E-state index in [9.17, 15) is 15.3 Å². The highest BCUT2D eigenvalue weighted by Crippen LogP contribution is 2.61. The van der Waals surface area contributed by atoms with E-state index in [4.69, 9.17) is 4.98 Å². The third-order valence-corrected chi connectivity index (χ3v) is 11.3. The number of aromatic amines is 1. The van der Waals surface area contributed by atoms with Crippen LogP contribution in [0.3, 0.4) is 0 Å². The Balaban J connectivity index is 1.35.